The fourth-order valence-electron chi connectivity index (χ4n) is 2.13. The lowest BCUT2D eigenvalue weighted by atomic mass is 9.88. The first-order chi connectivity index (χ1) is 9.07. The van der Waals surface area contributed by atoms with Gasteiger partial charge in [0.25, 0.3) is 0 Å². The van der Waals surface area contributed by atoms with Crippen molar-refractivity contribution >= 4 is 0 Å². The smallest absolute Gasteiger partial charge is 0.163 e. The molecule has 0 aliphatic rings. The molecule has 0 fully saturated rings. The van der Waals surface area contributed by atoms with E-state index in [2.05, 4.69) is 0 Å². The van der Waals surface area contributed by atoms with Crippen molar-refractivity contribution in [1.29, 1.82) is 0 Å². The molecule has 4 N–H and O–H groups in total. The molecule has 0 aliphatic heterocycles. The summed E-state index contributed by atoms with van der Waals surface area (Å²) in [5.74, 6) is 1.03. The van der Waals surface area contributed by atoms with Gasteiger partial charge in [-0.05, 0) is 43.0 Å². The van der Waals surface area contributed by atoms with Gasteiger partial charge in [0.15, 0.2) is 11.5 Å². The van der Waals surface area contributed by atoms with Crippen molar-refractivity contribution in [3.05, 3.63) is 23.5 Å². The summed E-state index contributed by atoms with van der Waals surface area (Å²) in [7, 11) is 3.02. The predicted molar refractivity (Wildman–Crippen MR) is 74.0 cm³/mol. The van der Waals surface area contributed by atoms with Crippen LogP contribution in [0.3, 0.4) is 0 Å². The topological polar surface area (TPSA) is 70.5 Å². The molecule has 0 amide bonds. The van der Waals surface area contributed by atoms with Crippen molar-refractivity contribution in [2.24, 2.45) is 23.3 Å². The fraction of sp³-hybridized carbons (Fsp3) is 0.571. The van der Waals surface area contributed by atoms with E-state index in [1.807, 2.05) is 6.92 Å². The Morgan fingerprint density at radius 2 is 1.63 bits per heavy atom. The molecule has 1 aromatic rings. The van der Waals surface area contributed by atoms with Crippen LogP contribution in [0.1, 0.15) is 12.5 Å². The van der Waals surface area contributed by atoms with Gasteiger partial charge >= 0.3 is 0 Å². The third-order valence-corrected chi connectivity index (χ3v) is 3.50. The number of ether oxygens (including phenoxy) is 2. The molecule has 0 radical (unpaired) electrons. The van der Waals surface area contributed by atoms with Gasteiger partial charge in [-0.25, -0.2) is 4.39 Å². The predicted octanol–water partition coefficient (Wildman–Crippen LogP) is 1.56. The minimum Gasteiger partial charge on any atom is -0.493 e. The van der Waals surface area contributed by atoms with Gasteiger partial charge in [-0.2, -0.15) is 0 Å². The molecule has 1 aromatic carbocycles. The van der Waals surface area contributed by atoms with Gasteiger partial charge in [-0.3, -0.25) is 0 Å². The van der Waals surface area contributed by atoms with Crippen LogP contribution in [0.25, 0.3) is 0 Å². The molecule has 19 heavy (non-hydrogen) atoms. The summed E-state index contributed by atoms with van der Waals surface area (Å²) in [6.45, 7) is 3.04. The molecule has 0 heterocycles. The number of halogens is 1. The lowest BCUT2D eigenvalue weighted by Gasteiger charge is -2.21. The summed E-state index contributed by atoms with van der Waals surface area (Å²) in [4.78, 5) is 0. The van der Waals surface area contributed by atoms with E-state index in [4.69, 9.17) is 20.9 Å². The Morgan fingerprint density at radius 1 is 1.11 bits per heavy atom. The summed E-state index contributed by atoms with van der Waals surface area (Å²) in [6, 6.07) is 3.02. The van der Waals surface area contributed by atoms with Gasteiger partial charge in [-0.1, -0.05) is 6.92 Å². The first-order valence-electron chi connectivity index (χ1n) is 6.37. The Morgan fingerprint density at radius 3 is 2.11 bits per heavy atom. The molecular formula is C14H23FN2O2. The monoisotopic (exact) mass is 270 g/mol. The van der Waals surface area contributed by atoms with Gasteiger partial charge in [0.05, 0.1) is 14.2 Å². The first kappa shape index (κ1) is 15.7. The molecule has 0 saturated heterocycles. The lowest BCUT2D eigenvalue weighted by Crippen LogP contribution is -2.30. The van der Waals surface area contributed by atoms with Crippen molar-refractivity contribution in [3.63, 3.8) is 0 Å². The highest BCUT2D eigenvalue weighted by Crippen LogP contribution is 2.31. The zero-order chi connectivity index (χ0) is 14.4. The Hall–Kier alpha value is -1.33. The lowest BCUT2D eigenvalue weighted by molar-refractivity contribution is 0.346. The number of hydrogen-bond acceptors (Lipinski definition) is 4. The van der Waals surface area contributed by atoms with E-state index in [9.17, 15) is 4.39 Å². The van der Waals surface area contributed by atoms with Crippen LogP contribution in [0.2, 0.25) is 0 Å². The van der Waals surface area contributed by atoms with E-state index in [1.54, 1.807) is 6.07 Å². The highest BCUT2D eigenvalue weighted by molar-refractivity contribution is 5.43. The SMILES string of the molecule is COc1cc(F)c(CC(C)C(CN)CN)cc1OC. The molecule has 0 aliphatic carbocycles. The molecule has 1 atom stereocenters. The standard InChI is InChI=1S/C14H23FN2O2/c1-9(11(7-16)8-17)4-10-5-13(18-2)14(19-3)6-12(10)15/h5-6,9,11H,4,7-8,16-17H2,1-3H3. The summed E-state index contributed by atoms with van der Waals surface area (Å²) in [6.07, 6.45) is 0.575. The van der Waals surface area contributed by atoms with Crippen LogP contribution < -0.4 is 20.9 Å². The normalized spacial score (nSPS) is 12.6. The molecule has 108 valence electrons. The third-order valence-electron chi connectivity index (χ3n) is 3.50. The van der Waals surface area contributed by atoms with Gasteiger partial charge in [0, 0.05) is 6.07 Å². The highest BCUT2D eigenvalue weighted by atomic mass is 19.1. The van der Waals surface area contributed by atoms with E-state index in [-0.39, 0.29) is 17.7 Å². The van der Waals surface area contributed by atoms with Crippen LogP contribution in [0, 0.1) is 17.7 Å². The Kier molecular flexibility index (Phi) is 6.05. The van der Waals surface area contributed by atoms with E-state index in [0.717, 1.165) is 0 Å². The van der Waals surface area contributed by atoms with Gasteiger partial charge in [-0.15, -0.1) is 0 Å². The number of nitrogens with two attached hydrogens (primary N) is 2. The average molecular weight is 270 g/mol. The quantitative estimate of drug-likeness (QED) is 0.788. The fourth-order valence-corrected chi connectivity index (χ4v) is 2.13. The van der Waals surface area contributed by atoms with E-state index in [0.29, 0.717) is 36.6 Å². The van der Waals surface area contributed by atoms with E-state index < -0.39 is 0 Å². The maximum absolute atomic E-state index is 14.0. The minimum atomic E-state index is -0.294. The molecule has 0 aromatic heterocycles. The van der Waals surface area contributed by atoms with Crippen LogP contribution in [0.5, 0.6) is 11.5 Å². The Balaban J connectivity index is 2.95. The zero-order valence-corrected chi connectivity index (χ0v) is 11.8. The molecule has 4 nitrogen and oxygen atoms in total. The van der Waals surface area contributed by atoms with Crippen LogP contribution in [-0.2, 0) is 6.42 Å². The van der Waals surface area contributed by atoms with Crippen molar-refractivity contribution in [3.8, 4) is 11.5 Å². The summed E-state index contributed by atoms with van der Waals surface area (Å²) in [5, 5.41) is 0. The minimum absolute atomic E-state index is 0.187. The number of benzene rings is 1. The summed E-state index contributed by atoms with van der Waals surface area (Å²) < 4.78 is 24.2. The van der Waals surface area contributed by atoms with Gasteiger partial charge in [0.1, 0.15) is 5.82 Å². The molecule has 0 bridgehead atoms. The van der Waals surface area contributed by atoms with Crippen LogP contribution in [0.15, 0.2) is 12.1 Å². The summed E-state index contributed by atoms with van der Waals surface area (Å²) in [5.41, 5.74) is 11.9. The van der Waals surface area contributed by atoms with Gasteiger partial charge < -0.3 is 20.9 Å². The Labute approximate surface area is 113 Å². The van der Waals surface area contributed by atoms with Gasteiger partial charge in [0.2, 0.25) is 0 Å². The number of hydrogen-bond donors (Lipinski definition) is 2. The summed E-state index contributed by atoms with van der Waals surface area (Å²) >= 11 is 0. The average Bonchev–Trinajstić information content (AvgIpc) is 2.41. The maximum Gasteiger partial charge on any atom is 0.163 e. The second-order valence-corrected chi connectivity index (χ2v) is 4.71. The number of methoxy groups -OCH3 is 2. The second kappa shape index (κ2) is 7.31. The van der Waals surface area contributed by atoms with E-state index in [1.165, 1.54) is 20.3 Å². The molecule has 1 rings (SSSR count). The van der Waals surface area contributed by atoms with E-state index >= 15 is 0 Å². The first-order valence-corrected chi connectivity index (χ1v) is 6.37. The van der Waals surface area contributed by atoms with Crippen molar-refractivity contribution in [2.45, 2.75) is 13.3 Å². The molecule has 5 heteroatoms. The number of rotatable bonds is 7. The second-order valence-electron chi connectivity index (χ2n) is 4.71. The largest absolute Gasteiger partial charge is 0.493 e. The molecule has 0 spiro atoms. The van der Waals surface area contributed by atoms with Crippen LogP contribution >= 0.6 is 0 Å². The zero-order valence-electron chi connectivity index (χ0n) is 11.8. The van der Waals surface area contributed by atoms with Crippen LogP contribution in [-0.4, -0.2) is 27.3 Å². The van der Waals surface area contributed by atoms with Crippen molar-refractivity contribution in [2.75, 3.05) is 27.3 Å². The van der Waals surface area contributed by atoms with Crippen LogP contribution in [0.4, 0.5) is 4.39 Å². The molecular weight excluding hydrogens is 247 g/mol. The van der Waals surface area contributed by atoms with Crippen molar-refractivity contribution < 1.29 is 13.9 Å². The Bertz CT molecular complexity index is 409. The van der Waals surface area contributed by atoms with Crippen molar-refractivity contribution in [1.82, 2.24) is 0 Å². The molecule has 0 saturated carbocycles. The molecule has 1 unspecified atom stereocenters. The maximum atomic E-state index is 14.0. The highest BCUT2D eigenvalue weighted by Gasteiger charge is 2.18. The third kappa shape index (κ3) is 3.81.